The normalized spacial score (nSPS) is 15.3. The number of hydrogen-bond donors (Lipinski definition) is 1. The number of carbonyl (C=O) groups excluding carboxylic acids is 5. The number of imide groups is 1. The number of amides is 3. The third-order valence-corrected chi connectivity index (χ3v) is 3.79. The van der Waals surface area contributed by atoms with Gasteiger partial charge in [0.25, 0.3) is 11.8 Å². The van der Waals surface area contributed by atoms with Gasteiger partial charge in [-0.15, -0.1) is 0 Å². The van der Waals surface area contributed by atoms with Crippen LogP contribution in [0.25, 0.3) is 0 Å². The van der Waals surface area contributed by atoms with Crippen molar-refractivity contribution in [2.75, 3.05) is 19.8 Å². The second kappa shape index (κ2) is 9.38. The zero-order valence-electron chi connectivity index (χ0n) is 15.7. The fourth-order valence-electron chi connectivity index (χ4n) is 2.30. The first-order chi connectivity index (χ1) is 12.0. The van der Waals surface area contributed by atoms with Crippen LogP contribution in [0.1, 0.15) is 40.5 Å². The minimum Gasteiger partial charge on any atom is -0.379 e. The second-order valence-electron chi connectivity index (χ2n) is 7.13. The van der Waals surface area contributed by atoms with Gasteiger partial charge in [0, 0.05) is 37.0 Å². The number of nitrogens with one attached hydrogen (secondary N) is 1. The van der Waals surface area contributed by atoms with E-state index in [1.807, 2.05) is 20.8 Å². The van der Waals surface area contributed by atoms with Gasteiger partial charge in [0.1, 0.15) is 17.6 Å². The van der Waals surface area contributed by atoms with Gasteiger partial charge in [-0.3, -0.25) is 28.9 Å². The number of nitrogens with zero attached hydrogens (tertiary/aromatic N) is 1. The molecule has 0 aromatic carbocycles. The van der Waals surface area contributed by atoms with Crippen molar-refractivity contribution in [3.63, 3.8) is 0 Å². The Morgan fingerprint density at radius 3 is 2.19 bits per heavy atom. The number of hydrogen-bond acceptors (Lipinski definition) is 6. The highest BCUT2D eigenvalue weighted by Crippen LogP contribution is 2.16. The zero-order chi connectivity index (χ0) is 19.9. The molecule has 3 amide bonds. The molecule has 1 N–H and O–H groups in total. The van der Waals surface area contributed by atoms with E-state index in [2.05, 4.69) is 5.32 Å². The monoisotopic (exact) mass is 366 g/mol. The lowest BCUT2D eigenvalue weighted by molar-refractivity contribution is -0.146. The number of rotatable bonds is 10. The summed E-state index contributed by atoms with van der Waals surface area (Å²) in [4.78, 5) is 59.7. The molecule has 0 spiro atoms. The Hall–Kier alpha value is -2.35. The largest absolute Gasteiger partial charge is 0.379 e. The van der Waals surface area contributed by atoms with Crippen molar-refractivity contribution in [2.45, 2.75) is 46.6 Å². The summed E-state index contributed by atoms with van der Waals surface area (Å²) >= 11 is 0. The Bertz CT molecular complexity index is 600. The molecule has 1 aliphatic rings. The highest BCUT2D eigenvalue weighted by molar-refractivity contribution is 6.15. The predicted octanol–water partition coefficient (Wildman–Crippen LogP) is 0.397. The molecule has 1 unspecified atom stereocenters. The van der Waals surface area contributed by atoms with E-state index in [1.165, 1.54) is 6.92 Å². The molecule has 144 valence electrons. The number of ether oxygens (including phenoxy) is 1. The molecule has 0 bridgehead atoms. The Kier molecular flexibility index (Phi) is 7.82. The van der Waals surface area contributed by atoms with Gasteiger partial charge in [0.2, 0.25) is 5.91 Å². The fourth-order valence-corrected chi connectivity index (χ4v) is 2.30. The SMILES string of the molecule is CC(=O)CC(C(=O)NCCOCCC(=O)C(C)(C)C)N1C(=O)C=CC1=O. The van der Waals surface area contributed by atoms with E-state index in [0.29, 0.717) is 0 Å². The van der Waals surface area contributed by atoms with E-state index in [1.54, 1.807) is 0 Å². The summed E-state index contributed by atoms with van der Waals surface area (Å²) < 4.78 is 5.32. The van der Waals surface area contributed by atoms with Crippen molar-refractivity contribution >= 4 is 29.3 Å². The fraction of sp³-hybridized carbons (Fsp3) is 0.611. The first-order valence-electron chi connectivity index (χ1n) is 8.47. The maximum Gasteiger partial charge on any atom is 0.254 e. The van der Waals surface area contributed by atoms with Crippen LogP contribution < -0.4 is 5.32 Å². The van der Waals surface area contributed by atoms with Crippen molar-refractivity contribution < 1.29 is 28.7 Å². The van der Waals surface area contributed by atoms with Gasteiger partial charge in [-0.05, 0) is 6.92 Å². The molecule has 0 saturated heterocycles. The van der Waals surface area contributed by atoms with Crippen LogP contribution in [0.15, 0.2) is 12.2 Å². The molecule has 0 aromatic heterocycles. The van der Waals surface area contributed by atoms with Gasteiger partial charge in [0.05, 0.1) is 13.2 Å². The van der Waals surface area contributed by atoms with E-state index in [9.17, 15) is 24.0 Å². The van der Waals surface area contributed by atoms with Crippen molar-refractivity contribution in [1.29, 1.82) is 0 Å². The standard InChI is InChI=1S/C18H26N2O6/c1-12(21)11-13(20-15(23)5-6-16(20)24)17(25)19-8-10-26-9-7-14(22)18(2,3)4/h5-6,13H,7-11H2,1-4H3,(H,19,25). The van der Waals surface area contributed by atoms with Crippen molar-refractivity contribution in [2.24, 2.45) is 5.41 Å². The maximum atomic E-state index is 12.3. The van der Waals surface area contributed by atoms with Crippen LogP contribution in [0.2, 0.25) is 0 Å². The molecular weight excluding hydrogens is 340 g/mol. The second-order valence-corrected chi connectivity index (χ2v) is 7.13. The lowest BCUT2D eigenvalue weighted by Gasteiger charge is -2.24. The van der Waals surface area contributed by atoms with Gasteiger partial charge in [0.15, 0.2) is 0 Å². The van der Waals surface area contributed by atoms with Crippen LogP contribution in [-0.4, -0.2) is 60.0 Å². The van der Waals surface area contributed by atoms with Gasteiger partial charge in [-0.2, -0.15) is 0 Å². The molecule has 26 heavy (non-hydrogen) atoms. The summed E-state index contributed by atoms with van der Waals surface area (Å²) in [5, 5.41) is 2.55. The van der Waals surface area contributed by atoms with Gasteiger partial charge in [-0.25, -0.2) is 0 Å². The smallest absolute Gasteiger partial charge is 0.254 e. The van der Waals surface area contributed by atoms with Crippen LogP contribution in [0.3, 0.4) is 0 Å². The zero-order valence-corrected chi connectivity index (χ0v) is 15.7. The van der Waals surface area contributed by atoms with E-state index in [0.717, 1.165) is 17.1 Å². The average molecular weight is 366 g/mol. The molecule has 1 aliphatic heterocycles. The lowest BCUT2D eigenvalue weighted by Crippen LogP contribution is -2.51. The Balaban J connectivity index is 2.43. The van der Waals surface area contributed by atoms with Crippen LogP contribution in [0.4, 0.5) is 0 Å². The minimum absolute atomic E-state index is 0.0848. The topological polar surface area (TPSA) is 110 Å². The number of Topliss-reactive ketones (excluding diaryl/α,β-unsaturated/α-hetero) is 2. The molecule has 1 atom stereocenters. The van der Waals surface area contributed by atoms with Crippen molar-refractivity contribution in [1.82, 2.24) is 10.2 Å². The molecule has 0 radical (unpaired) electrons. The third-order valence-electron chi connectivity index (χ3n) is 3.79. The summed E-state index contributed by atoms with van der Waals surface area (Å²) in [5.41, 5.74) is -0.416. The van der Waals surface area contributed by atoms with E-state index in [4.69, 9.17) is 4.74 Å². The Morgan fingerprint density at radius 1 is 1.12 bits per heavy atom. The molecule has 0 aromatic rings. The Labute approximate surface area is 152 Å². The summed E-state index contributed by atoms with van der Waals surface area (Å²) in [6.45, 7) is 7.35. The average Bonchev–Trinajstić information content (AvgIpc) is 2.85. The van der Waals surface area contributed by atoms with Crippen molar-refractivity contribution in [3.05, 3.63) is 12.2 Å². The molecule has 0 fully saturated rings. The highest BCUT2D eigenvalue weighted by atomic mass is 16.5. The van der Waals surface area contributed by atoms with E-state index in [-0.39, 0.29) is 44.2 Å². The molecular formula is C18H26N2O6. The third kappa shape index (κ3) is 6.51. The summed E-state index contributed by atoms with van der Waals surface area (Å²) in [5.74, 6) is -2.06. The lowest BCUT2D eigenvalue weighted by atomic mass is 9.89. The molecule has 8 nitrogen and oxygen atoms in total. The number of ketones is 2. The maximum absolute atomic E-state index is 12.3. The summed E-state index contributed by atoms with van der Waals surface area (Å²) in [6.07, 6.45) is 2.18. The highest BCUT2D eigenvalue weighted by Gasteiger charge is 2.36. The minimum atomic E-state index is -1.18. The first-order valence-corrected chi connectivity index (χ1v) is 8.47. The molecule has 0 saturated carbocycles. The first kappa shape index (κ1) is 21.7. The summed E-state index contributed by atoms with van der Waals surface area (Å²) in [7, 11) is 0. The van der Waals surface area contributed by atoms with Crippen molar-refractivity contribution in [3.8, 4) is 0 Å². The van der Waals surface area contributed by atoms with Gasteiger partial charge < -0.3 is 10.1 Å². The molecule has 0 aliphatic carbocycles. The summed E-state index contributed by atoms with van der Waals surface area (Å²) in [6, 6.07) is -1.18. The molecule has 1 rings (SSSR count). The van der Waals surface area contributed by atoms with Gasteiger partial charge in [-0.1, -0.05) is 20.8 Å². The number of carbonyl (C=O) groups is 5. The van der Waals surface area contributed by atoms with E-state index < -0.39 is 29.2 Å². The molecule has 1 heterocycles. The van der Waals surface area contributed by atoms with Gasteiger partial charge >= 0.3 is 0 Å². The van der Waals surface area contributed by atoms with Crippen LogP contribution in [0, 0.1) is 5.41 Å². The Morgan fingerprint density at radius 2 is 1.69 bits per heavy atom. The van der Waals surface area contributed by atoms with Crippen LogP contribution in [-0.2, 0) is 28.7 Å². The molecule has 8 heteroatoms. The predicted molar refractivity (Wildman–Crippen MR) is 93.0 cm³/mol. The van der Waals surface area contributed by atoms with Crippen LogP contribution >= 0.6 is 0 Å². The quantitative estimate of drug-likeness (QED) is 0.443. The van der Waals surface area contributed by atoms with E-state index >= 15 is 0 Å². The van der Waals surface area contributed by atoms with Crippen LogP contribution in [0.5, 0.6) is 0 Å².